The van der Waals surface area contributed by atoms with Crippen LogP contribution in [0.2, 0.25) is 0 Å². The summed E-state index contributed by atoms with van der Waals surface area (Å²) in [4.78, 5) is 14.0. The van der Waals surface area contributed by atoms with Crippen molar-refractivity contribution in [2.24, 2.45) is 0 Å². The Morgan fingerprint density at radius 3 is 2.81 bits per heavy atom. The zero-order chi connectivity index (χ0) is 12.1. The van der Waals surface area contributed by atoms with Crippen molar-refractivity contribution in [3.05, 3.63) is 27.9 Å². The molecule has 1 aromatic heterocycles. The van der Waals surface area contributed by atoms with Gasteiger partial charge in [-0.15, -0.1) is 0 Å². The third-order valence-corrected chi connectivity index (χ3v) is 2.33. The van der Waals surface area contributed by atoms with Crippen molar-refractivity contribution in [1.29, 1.82) is 0 Å². The van der Waals surface area contributed by atoms with E-state index < -0.39 is 4.92 Å². The molecule has 0 bridgehead atoms. The monoisotopic (exact) mass is 225 g/mol. The van der Waals surface area contributed by atoms with Gasteiger partial charge in [0.05, 0.1) is 17.6 Å². The van der Waals surface area contributed by atoms with Crippen LogP contribution in [0.4, 0.5) is 11.5 Å². The minimum Gasteiger partial charge on any atom is -0.394 e. The van der Waals surface area contributed by atoms with E-state index in [9.17, 15) is 10.1 Å². The van der Waals surface area contributed by atoms with Gasteiger partial charge >= 0.3 is 0 Å². The van der Waals surface area contributed by atoms with Gasteiger partial charge in [0.15, 0.2) is 0 Å². The summed E-state index contributed by atoms with van der Waals surface area (Å²) in [6.07, 6.45) is 1.97. The second-order valence-electron chi connectivity index (χ2n) is 3.55. The van der Waals surface area contributed by atoms with E-state index >= 15 is 0 Å². The number of nitrogens with one attached hydrogen (secondary N) is 1. The molecule has 0 aliphatic carbocycles. The SMILES string of the molecule is CC[C@H](CO)Nc1ncc([N+](=O)[O-])cc1C. The lowest BCUT2D eigenvalue weighted by molar-refractivity contribution is -0.385. The van der Waals surface area contributed by atoms with Gasteiger partial charge in [0, 0.05) is 6.07 Å². The predicted octanol–water partition coefficient (Wildman–Crippen LogP) is 1.48. The normalized spacial score (nSPS) is 12.2. The summed E-state index contributed by atoms with van der Waals surface area (Å²) in [5, 5.41) is 22.6. The maximum Gasteiger partial charge on any atom is 0.287 e. The van der Waals surface area contributed by atoms with Crippen LogP contribution in [0.1, 0.15) is 18.9 Å². The minimum atomic E-state index is -0.479. The van der Waals surface area contributed by atoms with Crippen molar-refractivity contribution in [2.45, 2.75) is 26.3 Å². The quantitative estimate of drug-likeness (QED) is 0.585. The van der Waals surface area contributed by atoms with Crippen molar-refractivity contribution in [3.8, 4) is 0 Å². The second-order valence-corrected chi connectivity index (χ2v) is 3.55. The average Bonchev–Trinajstić information content (AvgIpc) is 2.27. The molecule has 0 saturated carbocycles. The number of hydrogen-bond acceptors (Lipinski definition) is 5. The molecule has 0 aliphatic rings. The number of nitro groups is 1. The van der Waals surface area contributed by atoms with E-state index in [4.69, 9.17) is 5.11 Å². The van der Waals surface area contributed by atoms with Crippen LogP contribution in [0.3, 0.4) is 0 Å². The molecule has 0 unspecified atom stereocenters. The lowest BCUT2D eigenvalue weighted by atomic mass is 10.2. The molecule has 0 fully saturated rings. The van der Waals surface area contributed by atoms with Gasteiger partial charge in [0.1, 0.15) is 12.0 Å². The number of rotatable bonds is 5. The van der Waals surface area contributed by atoms with E-state index in [1.807, 2.05) is 6.92 Å². The molecule has 6 heteroatoms. The molecule has 1 rings (SSSR count). The van der Waals surface area contributed by atoms with Crippen LogP contribution in [-0.2, 0) is 0 Å². The van der Waals surface area contributed by atoms with Gasteiger partial charge in [-0.3, -0.25) is 10.1 Å². The fraction of sp³-hybridized carbons (Fsp3) is 0.500. The number of aromatic nitrogens is 1. The van der Waals surface area contributed by atoms with Crippen LogP contribution >= 0.6 is 0 Å². The average molecular weight is 225 g/mol. The number of aliphatic hydroxyl groups excluding tert-OH is 1. The standard InChI is InChI=1S/C10H15N3O3/c1-3-8(6-14)12-10-7(2)4-9(5-11-10)13(15)16/h4-5,8,14H,3,6H2,1-2H3,(H,11,12)/t8-/m1/s1. The molecule has 1 atom stereocenters. The molecule has 2 N–H and O–H groups in total. The molecule has 88 valence electrons. The molecule has 0 saturated heterocycles. The minimum absolute atomic E-state index is 0.00854. The molecule has 0 aromatic carbocycles. The van der Waals surface area contributed by atoms with Crippen LogP contribution in [0.15, 0.2) is 12.3 Å². The Labute approximate surface area is 93.5 Å². The van der Waals surface area contributed by atoms with E-state index in [0.29, 0.717) is 11.4 Å². The van der Waals surface area contributed by atoms with Crippen LogP contribution in [-0.4, -0.2) is 27.7 Å². The van der Waals surface area contributed by atoms with Gasteiger partial charge in [-0.05, 0) is 18.9 Å². The summed E-state index contributed by atoms with van der Waals surface area (Å²) in [6, 6.07) is 1.38. The highest BCUT2D eigenvalue weighted by molar-refractivity contribution is 5.48. The predicted molar refractivity (Wildman–Crippen MR) is 60.4 cm³/mol. The van der Waals surface area contributed by atoms with Gasteiger partial charge in [-0.2, -0.15) is 0 Å². The molecule has 0 aliphatic heterocycles. The first kappa shape index (κ1) is 12.4. The highest BCUT2D eigenvalue weighted by atomic mass is 16.6. The number of aryl methyl sites for hydroxylation is 1. The fourth-order valence-electron chi connectivity index (χ4n) is 1.28. The fourth-order valence-corrected chi connectivity index (χ4v) is 1.28. The summed E-state index contributed by atoms with van der Waals surface area (Å²) >= 11 is 0. The maximum absolute atomic E-state index is 10.5. The zero-order valence-electron chi connectivity index (χ0n) is 9.30. The Morgan fingerprint density at radius 2 is 2.38 bits per heavy atom. The third-order valence-electron chi connectivity index (χ3n) is 2.33. The van der Waals surface area contributed by atoms with Crippen molar-refractivity contribution >= 4 is 11.5 Å². The van der Waals surface area contributed by atoms with Crippen LogP contribution in [0.5, 0.6) is 0 Å². The molecular weight excluding hydrogens is 210 g/mol. The number of nitrogens with zero attached hydrogens (tertiary/aromatic N) is 2. The molecule has 1 heterocycles. The van der Waals surface area contributed by atoms with Gasteiger partial charge in [-0.25, -0.2) is 4.98 Å². The van der Waals surface area contributed by atoms with Crippen molar-refractivity contribution in [2.75, 3.05) is 11.9 Å². The van der Waals surface area contributed by atoms with Crippen LogP contribution in [0, 0.1) is 17.0 Å². The molecule has 0 amide bonds. The Morgan fingerprint density at radius 1 is 1.69 bits per heavy atom. The molecule has 16 heavy (non-hydrogen) atoms. The molecule has 0 radical (unpaired) electrons. The molecule has 1 aromatic rings. The lowest BCUT2D eigenvalue weighted by Crippen LogP contribution is -2.23. The lowest BCUT2D eigenvalue weighted by Gasteiger charge is -2.15. The largest absolute Gasteiger partial charge is 0.394 e. The van der Waals surface area contributed by atoms with E-state index in [0.717, 1.165) is 6.42 Å². The summed E-state index contributed by atoms with van der Waals surface area (Å²) in [6.45, 7) is 3.69. The first-order valence-electron chi connectivity index (χ1n) is 5.07. The van der Waals surface area contributed by atoms with E-state index in [1.165, 1.54) is 12.3 Å². The van der Waals surface area contributed by atoms with Gasteiger partial charge in [0.2, 0.25) is 0 Å². The second kappa shape index (κ2) is 5.41. The molecule has 0 spiro atoms. The van der Waals surface area contributed by atoms with Crippen molar-refractivity contribution in [3.63, 3.8) is 0 Å². The van der Waals surface area contributed by atoms with Gasteiger partial charge in [0.25, 0.3) is 5.69 Å². The maximum atomic E-state index is 10.5. The summed E-state index contributed by atoms with van der Waals surface area (Å²) in [7, 11) is 0. The highest BCUT2D eigenvalue weighted by Crippen LogP contribution is 2.18. The Hall–Kier alpha value is -1.69. The summed E-state index contributed by atoms with van der Waals surface area (Å²) in [5.41, 5.74) is 0.668. The first-order valence-corrected chi connectivity index (χ1v) is 5.07. The van der Waals surface area contributed by atoms with E-state index in [1.54, 1.807) is 6.92 Å². The smallest absolute Gasteiger partial charge is 0.287 e. The zero-order valence-corrected chi connectivity index (χ0v) is 9.30. The third kappa shape index (κ3) is 2.90. The highest BCUT2D eigenvalue weighted by Gasteiger charge is 2.11. The number of hydrogen-bond donors (Lipinski definition) is 2. The first-order chi connectivity index (χ1) is 7.58. The van der Waals surface area contributed by atoms with E-state index in [-0.39, 0.29) is 18.3 Å². The molecular formula is C10H15N3O3. The van der Waals surface area contributed by atoms with Gasteiger partial charge < -0.3 is 10.4 Å². The van der Waals surface area contributed by atoms with Gasteiger partial charge in [-0.1, -0.05) is 6.92 Å². The Balaban J connectivity index is 2.86. The van der Waals surface area contributed by atoms with Crippen molar-refractivity contribution in [1.82, 2.24) is 4.98 Å². The topological polar surface area (TPSA) is 88.3 Å². The molecule has 6 nitrogen and oxygen atoms in total. The number of pyridine rings is 1. The van der Waals surface area contributed by atoms with Crippen molar-refractivity contribution < 1.29 is 10.0 Å². The summed E-state index contributed by atoms with van der Waals surface area (Å²) in [5.74, 6) is 0.575. The van der Waals surface area contributed by atoms with Crippen LogP contribution < -0.4 is 5.32 Å². The Bertz CT molecular complexity index is 378. The van der Waals surface area contributed by atoms with Crippen LogP contribution in [0.25, 0.3) is 0 Å². The Kier molecular flexibility index (Phi) is 4.19. The number of aliphatic hydroxyl groups is 1. The summed E-state index contributed by atoms with van der Waals surface area (Å²) < 4.78 is 0. The number of anilines is 1. The van der Waals surface area contributed by atoms with E-state index in [2.05, 4.69) is 10.3 Å².